The maximum Gasteiger partial charge on any atom is 0.191 e. The molecule has 2 unspecified atom stereocenters. The van der Waals surface area contributed by atoms with Crippen LogP contribution in [0.4, 0.5) is 0 Å². The maximum absolute atomic E-state index is 10.8. The van der Waals surface area contributed by atoms with Gasteiger partial charge in [-0.2, -0.15) is 0 Å². The van der Waals surface area contributed by atoms with Crippen LogP contribution in [0.5, 0.6) is 11.5 Å². The Kier molecular flexibility index (Phi) is 13.9. The van der Waals surface area contributed by atoms with E-state index in [0.717, 1.165) is 39.3 Å². The molecular formula is C23H41IN4O4. The lowest BCUT2D eigenvalue weighted by molar-refractivity contribution is 0.0143. The lowest BCUT2D eigenvalue weighted by atomic mass is 10.0. The minimum Gasteiger partial charge on any atom is -0.497 e. The fourth-order valence-corrected chi connectivity index (χ4v) is 3.77. The Morgan fingerprint density at radius 1 is 1.19 bits per heavy atom. The molecule has 0 spiro atoms. The highest BCUT2D eigenvalue weighted by molar-refractivity contribution is 14.0. The van der Waals surface area contributed by atoms with E-state index in [1.807, 2.05) is 13.0 Å². The number of hydrogen-bond acceptors (Lipinski definition) is 6. The van der Waals surface area contributed by atoms with Gasteiger partial charge in [0.1, 0.15) is 11.5 Å². The quantitative estimate of drug-likeness (QED) is 0.217. The molecule has 32 heavy (non-hydrogen) atoms. The number of morpholine rings is 1. The monoisotopic (exact) mass is 564 g/mol. The Morgan fingerprint density at radius 3 is 2.50 bits per heavy atom. The van der Waals surface area contributed by atoms with Crippen molar-refractivity contribution >= 4 is 29.9 Å². The molecule has 184 valence electrons. The summed E-state index contributed by atoms with van der Waals surface area (Å²) in [5.74, 6) is 2.60. The molecule has 3 N–H and O–H groups in total. The average molecular weight is 565 g/mol. The van der Waals surface area contributed by atoms with Gasteiger partial charge in [0, 0.05) is 37.8 Å². The number of ether oxygens (including phenoxy) is 3. The summed E-state index contributed by atoms with van der Waals surface area (Å²) < 4.78 is 16.2. The van der Waals surface area contributed by atoms with Crippen LogP contribution in [0.1, 0.15) is 38.9 Å². The molecule has 0 aliphatic carbocycles. The number of guanidine groups is 1. The highest BCUT2D eigenvalue weighted by Gasteiger charge is 2.22. The predicted octanol–water partition coefficient (Wildman–Crippen LogP) is 2.66. The molecule has 1 aliphatic rings. The van der Waals surface area contributed by atoms with E-state index in [1.165, 1.54) is 0 Å². The standard InChI is InChI=1S/C23H40N4O4.HI/c1-6-24-23(25-15-18(13-17(2)3)27-9-11-31-12-10-27)26-16-21(28)20-14-19(29-4)7-8-22(20)30-5;/h7-8,14,17-18,21,28H,6,9-13,15-16H2,1-5H3,(H2,24,25,26);1H. The van der Waals surface area contributed by atoms with Gasteiger partial charge in [0.2, 0.25) is 0 Å². The van der Waals surface area contributed by atoms with E-state index >= 15 is 0 Å². The van der Waals surface area contributed by atoms with Crippen molar-refractivity contribution in [2.24, 2.45) is 10.9 Å². The molecule has 1 aromatic rings. The van der Waals surface area contributed by atoms with Crippen molar-refractivity contribution in [2.75, 3.05) is 60.2 Å². The van der Waals surface area contributed by atoms with Crippen molar-refractivity contribution in [1.29, 1.82) is 0 Å². The molecule has 8 nitrogen and oxygen atoms in total. The van der Waals surface area contributed by atoms with Crippen molar-refractivity contribution in [1.82, 2.24) is 15.5 Å². The Balaban J connectivity index is 0.00000512. The third kappa shape index (κ3) is 9.29. The van der Waals surface area contributed by atoms with Gasteiger partial charge in [-0.15, -0.1) is 24.0 Å². The molecule has 1 saturated heterocycles. The highest BCUT2D eigenvalue weighted by atomic mass is 127. The number of rotatable bonds is 11. The van der Waals surface area contributed by atoms with Crippen molar-refractivity contribution in [3.05, 3.63) is 23.8 Å². The molecule has 1 fully saturated rings. The molecule has 0 amide bonds. The molecule has 1 heterocycles. The maximum atomic E-state index is 10.8. The lowest BCUT2D eigenvalue weighted by Gasteiger charge is -2.34. The van der Waals surface area contributed by atoms with E-state index in [1.54, 1.807) is 26.4 Å². The summed E-state index contributed by atoms with van der Waals surface area (Å²) >= 11 is 0. The fraction of sp³-hybridized carbons (Fsp3) is 0.696. The van der Waals surface area contributed by atoms with E-state index in [0.29, 0.717) is 48.1 Å². The third-order valence-electron chi connectivity index (χ3n) is 5.37. The van der Waals surface area contributed by atoms with Crippen LogP contribution in [0, 0.1) is 5.92 Å². The summed E-state index contributed by atoms with van der Waals surface area (Å²) in [6, 6.07) is 5.79. The SMILES string of the molecule is CCNC(=NCC(CC(C)C)N1CCOCC1)NCC(O)c1cc(OC)ccc1OC.I. The number of benzene rings is 1. The van der Waals surface area contributed by atoms with Crippen molar-refractivity contribution in [3.8, 4) is 11.5 Å². The van der Waals surface area contributed by atoms with Gasteiger partial charge < -0.3 is 30.0 Å². The topological polar surface area (TPSA) is 87.6 Å². The third-order valence-corrected chi connectivity index (χ3v) is 5.37. The molecular weight excluding hydrogens is 523 g/mol. The Bertz CT molecular complexity index is 684. The van der Waals surface area contributed by atoms with Crippen LogP contribution < -0.4 is 20.1 Å². The number of aliphatic hydroxyl groups is 1. The minimum absolute atomic E-state index is 0. The molecule has 2 atom stereocenters. The second kappa shape index (κ2) is 15.5. The summed E-state index contributed by atoms with van der Waals surface area (Å²) in [6.45, 7) is 11.8. The number of halogens is 1. The van der Waals surface area contributed by atoms with Crippen LogP contribution in [0.15, 0.2) is 23.2 Å². The van der Waals surface area contributed by atoms with Crippen LogP contribution in [0.2, 0.25) is 0 Å². The normalized spacial score (nSPS) is 16.8. The highest BCUT2D eigenvalue weighted by Crippen LogP contribution is 2.29. The Hall–Kier alpha value is -1.30. The van der Waals surface area contributed by atoms with Gasteiger partial charge in [-0.05, 0) is 37.5 Å². The zero-order valence-corrected chi connectivity index (χ0v) is 22.4. The number of nitrogens with one attached hydrogen (secondary N) is 2. The van der Waals surface area contributed by atoms with Gasteiger partial charge >= 0.3 is 0 Å². The smallest absolute Gasteiger partial charge is 0.191 e. The number of nitrogens with zero attached hydrogens (tertiary/aromatic N) is 2. The van der Waals surface area contributed by atoms with Gasteiger partial charge in [0.25, 0.3) is 0 Å². The van der Waals surface area contributed by atoms with Gasteiger partial charge in [0.15, 0.2) is 5.96 Å². The van der Waals surface area contributed by atoms with Crippen molar-refractivity contribution in [3.63, 3.8) is 0 Å². The predicted molar refractivity (Wildman–Crippen MR) is 140 cm³/mol. The van der Waals surface area contributed by atoms with Crippen LogP contribution in [0.25, 0.3) is 0 Å². The first-order chi connectivity index (χ1) is 15.0. The molecule has 0 saturated carbocycles. The molecule has 9 heteroatoms. The van der Waals surface area contributed by atoms with Crippen LogP contribution in [-0.2, 0) is 4.74 Å². The fourth-order valence-electron chi connectivity index (χ4n) is 3.77. The Labute approximate surface area is 210 Å². The van der Waals surface area contributed by atoms with Crippen LogP contribution in [0.3, 0.4) is 0 Å². The van der Waals surface area contributed by atoms with Crippen LogP contribution >= 0.6 is 24.0 Å². The molecule has 0 bridgehead atoms. The molecule has 1 aromatic carbocycles. The molecule has 0 radical (unpaired) electrons. The first-order valence-corrected chi connectivity index (χ1v) is 11.2. The summed E-state index contributed by atoms with van der Waals surface area (Å²) in [7, 11) is 3.20. The summed E-state index contributed by atoms with van der Waals surface area (Å²) in [5.41, 5.74) is 0.677. The number of aliphatic hydroxyl groups excluding tert-OH is 1. The van der Waals surface area contributed by atoms with E-state index < -0.39 is 6.10 Å². The molecule has 1 aliphatic heterocycles. The lowest BCUT2D eigenvalue weighted by Crippen LogP contribution is -2.46. The second-order valence-electron chi connectivity index (χ2n) is 8.16. The second-order valence-corrected chi connectivity index (χ2v) is 8.16. The van der Waals surface area contributed by atoms with Gasteiger partial charge in [-0.25, -0.2) is 0 Å². The summed E-state index contributed by atoms with van der Waals surface area (Å²) in [5, 5.41) is 17.3. The molecule has 0 aromatic heterocycles. The van der Waals surface area contributed by atoms with Crippen LogP contribution in [-0.4, -0.2) is 82.2 Å². The first-order valence-electron chi connectivity index (χ1n) is 11.2. The zero-order valence-electron chi connectivity index (χ0n) is 20.1. The number of methoxy groups -OCH3 is 2. The Morgan fingerprint density at radius 2 is 1.91 bits per heavy atom. The van der Waals surface area contributed by atoms with E-state index in [9.17, 15) is 5.11 Å². The van der Waals surface area contributed by atoms with Gasteiger partial charge in [-0.1, -0.05) is 13.8 Å². The van der Waals surface area contributed by atoms with Crippen molar-refractivity contribution < 1.29 is 19.3 Å². The minimum atomic E-state index is -0.764. The molecule has 2 rings (SSSR count). The largest absolute Gasteiger partial charge is 0.497 e. The average Bonchev–Trinajstić information content (AvgIpc) is 2.79. The number of aliphatic imine (C=N–C) groups is 1. The summed E-state index contributed by atoms with van der Waals surface area (Å²) in [6.07, 6.45) is 0.326. The van der Waals surface area contributed by atoms with Gasteiger partial charge in [0.05, 0.1) is 40.1 Å². The van der Waals surface area contributed by atoms with Crippen molar-refractivity contribution in [2.45, 2.75) is 39.3 Å². The summed E-state index contributed by atoms with van der Waals surface area (Å²) in [4.78, 5) is 7.31. The number of hydrogen-bond donors (Lipinski definition) is 3. The zero-order chi connectivity index (χ0) is 22.6. The van der Waals surface area contributed by atoms with E-state index in [2.05, 4.69) is 29.4 Å². The van der Waals surface area contributed by atoms with E-state index in [4.69, 9.17) is 19.2 Å². The van der Waals surface area contributed by atoms with Gasteiger partial charge in [-0.3, -0.25) is 9.89 Å². The van der Waals surface area contributed by atoms with E-state index in [-0.39, 0.29) is 24.0 Å². The first kappa shape index (κ1) is 28.7.